The number of unbranched alkanes of at least 4 members (excludes halogenated alkanes) is 1. The van der Waals surface area contributed by atoms with E-state index in [0.29, 0.717) is 35.3 Å². The molecule has 3 rings (SSSR count). The molecule has 0 radical (unpaired) electrons. The third-order valence-electron chi connectivity index (χ3n) is 5.05. The van der Waals surface area contributed by atoms with Crippen LogP contribution in [0, 0.1) is 5.92 Å². The van der Waals surface area contributed by atoms with E-state index in [1.165, 1.54) is 11.8 Å². The largest absolute Gasteiger partial charge is 0.462 e. The number of rotatable bonds is 6. The summed E-state index contributed by atoms with van der Waals surface area (Å²) in [7, 11) is 0. The zero-order chi connectivity index (χ0) is 22.6. The average Bonchev–Trinajstić information content (AvgIpc) is 2.73. The quantitative estimate of drug-likeness (QED) is 0.414. The molecule has 1 aromatic heterocycles. The van der Waals surface area contributed by atoms with Gasteiger partial charge < -0.3 is 10.1 Å². The van der Waals surface area contributed by atoms with Crippen LogP contribution in [0.25, 0.3) is 0 Å². The van der Waals surface area contributed by atoms with Crippen molar-refractivity contribution in [3.8, 4) is 0 Å². The Hall–Kier alpha value is -2.61. The van der Waals surface area contributed by atoms with Crippen LogP contribution in [0.4, 0.5) is 5.69 Å². The number of thioether (sulfide) groups is 1. The lowest BCUT2D eigenvalue weighted by Gasteiger charge is -2.26. The predicted octanol–water partition coefficient (Wildman–Crippen LogP) is 3.86. The fraction of sp³-hybridized carbons (Fsp3) is 0.478. The van der Waals surface area contributed by atoms with Crippen molar-refractivity contribution in [3.05, 3.63) is 51.9 Å². The minimum Gasteiger partial charge on any atom is -0.462 e. The van der Waals surface area contributed by atoms with Gasteiger partial charge in [0.2, 0.25) is 5.91 Å². The standard InChI is InChI=1S/C23H29N3O4S/c1-5-6-11-30-21(29)15-7-9-17(10-8-15)24-20(28)16-13-26-19(27)12-18(23(2,3)4)25-22(26)31-14-16/h7-10,12,16H,5-6,11,13-14H2,1-4H3,(H,24,28). The number of fused-ring (bicyclic) bond motifs is 1. The highest BCUT2D eigenvalue weighted by molar-refractivity contribution is 7.99. The van der Waals surface area contributed by atoms with Crippen LogP contribution in [0.3, 0.4) is 0 Å². The van der Waals surface area contributed by atoms with Crippen molar-refractivity contribution >= 4 is 29.3 Å². The molecule has 31 heavy (non-hydrogen) atoms. The van der Waals surface area contributed by atoms with E-state index in [1.54, 1.807) is 34.9 Å². The van der Waals surface area contributed by atoms with E-state index >= 15 is 0 Å². The van der Waals surface area contributed by atoms with Crippen molar-refractivity contribution in [2.24, 2.45) is 5.92 Å². The Morgan fingerprint density at radius 2 is 1.97 bits per heavy atom. The number of amides is 1. The summed E-state index contributed by atoms with van der Waals surface area (Å²) < 4.78 is 6.76. The number of benzene rings is 1. The number of hydrogen-bond acceptors (Lipinski definition) is 6. The van der Waals surface area contributed by atoms with Crippen LogP contribution in [0.5, 0.6) is 0 Å². The van der Waals surface area contributed by atoms with Gasteiger partial charge in [-0.1, -0.05) is 45.9 Å². The molecule has 2 heterocycles. The van der Waals surface area contributed by atoms with Crippen molar-refractivity contribution in [1.29, 1.82) is 0 Å². The maximum Gasteiger partial charge on any atom is 0.338 e. The molecule has 1 aliphatic heterocycles. The van der Waals surface area contributed by atoms with Crippen LogP contribution < -0.4 is 10.9 Å². The minimum atomic E-state index is -0.367. The van der Waals surface area contributed by atoms with Gasteiger partial charge in [0.25, 0.3) is 5.56 Å². The summed E-state index contributed by atoms with van der Waals surface area (Å²) >= 11 is 1.43. The smallest absolute Gasteiger partial charge is 0.338 e. The zero-order valence-corrected chi connectivity index (χ0v) is 19.3. The molecule has 1 unspecified atom stereocenters. The molecule has 0 saturated carbocycles. The Bertz CT molecular complexity index is 1010. The van der Waals surface area contributed by atoms with Gasteiger partial charge in [0.1, 0.15) is 0 Å². The van der Waals surface area contributed by atoms with Gasteiger partial charge in [-0.05, 0) is 30.7 Å². The summed E-state index contributed by atoms with van der Waals surface area (Å²) in [6, 6.07) is 8.19. The lowest BCUT2D eigenvalue weighted by atomic mass is 9.92. The first-order valence-corrected chi connectivity index (χ1v) is 11.5. The lowest BCUT2D eigenvalue weighted by Crippen LogP contribution is -2.37. The second kappa shape index (κ2) is 9.68. The minimum absolute atomic E-state index is 0.133. The van der Waals surface area contributed by atoms with Crippen LogP contribution in [0.2, 0.25) is 0 Å². The maximum atomic E-state index is 12.8. The number of esters is 1. The van der Waals surface area contributed by atoms with E-state index in [1.807, 2.05) is 27.7 Å². The number of carbonyl (C=O) groups excluding carboxylic acids is 2. The highest BCUT2D eigenvalue weighted by Crippen LogP contribution is 2.28. The number of hydrogen-bond donors (Lipinski definition) is 1. The summed E-state index contributed by atoms with van der Waals surface area (Å²) in [4.78, 5) is 42.0. The van der Waals surface area contributed by atoms with E-state index < -0.39 is 0 Å². The fourth-order valence-corrected chi connectivity index (χ4v) is 4.17. The Morgan fingerprint density at radius 3 is 2.61 bits per heavy atom. The number of carbonyl (C=O) groups is 2. The molecule has 0 fully saturated rings. The number of nitrogens with one attached hydrogen (secondary N) is 1. The van der Waals surface area contributed by atoms with Gasteiger partial charge in [-0.2, -0.15) is 0 Å². The normalized spacial score (nSPS) is 15.8. The van der Waals surface area contributed by atoms with Gasteiger partial charge >= 0.3 is 5.97 Å². The van der Waals surface area contributed by atoms with Crippen LogP contribution in [0.1, 0.15) is 56.6 Å². The van der Waals surface area contributed by atoms with Crippen LogP contribution >= 0.6 is 11.8 Å². The molecule has 0 saturated heterocycles. The molecular formula is C23H29N3O4S. The zero-order valence-electron chi connectivity index (χ0n) is 18.4. The van der Waals surface area contributed by atoms with Gasteiger partial charge in [-0.3, -0.25) is 14.2 Å². The molecule has 1 aliphatic rings. The first kappa shape index (κ1) is 23.1. The van der Waals surface area contributed by atoms with Crippen molar-refractivity contribution < 1.29 is 14.3 Å². The number of anilines is 1. The van der Waals surface area contributed by atoms with E-state index in [0.717, 1.165) is 18.5 Å². The molecule has 1 atom stereocenters. The van der Waals surface area contributed by atoms with E-state index in [-0.39, 0.29) is 28.8 Å². The van der Waals surface area contributed by atoms with Crippen LogP contribution in [-0.2, 0) is 21.5 Å². The van der Waals surface area contributed by atoms with Gasteiger partial charge in [-0.25, -0.2) is 9.78 Å². The summed E-state index contributed by atoms with van der Waals surface area (Å²) in [6.45, 7) is 8.79. The summed E-state index contributed by atoms with van der Waals surface area (Å²) in [6.07, 6.45) is 1.79. The van der Waals surface area contributed by atoms with Gasteiger partial charge in [0.05, 0.1) is 23.8 Å². The first-order chi connectivity index (χ1) is 14.7. The SMILES string of the molecule is CCCCOC(=O)c1ccc(NC(=O)C2CSc3nc(C(C)(C)C)cc(=O)n3C2)cc1. The van der Waals surface area contributed by atoms with Crippen molar-refractivity contribution in [2.45, 2.75) is 57.7 Å². The van der Waals surface area contributed by atoms with Crippen molar-refractivity contribution in [3.63, 3.8) is 0 Å². The average molecular weight is 444 g/mol. The molecular weight excluding hydrogens is 414 g/mol. The highest BCUT2D eigenvalue weighted by Gasteiger charge is 2.28. The second-order valence-corrected chi connectivity index (χ2v) is 9.67. The molecule has 0 bridgehead atoms. The number of ether oxygens (including phenoxy) is 1. The molecule has 0 aliphatic carbocycles. The third kappa shape index (κ3) is 5.76. The van der Waals surface area contributed by atoms with Crippen LogP contribution in [0.15, 0.2) is 40.3 Å². The Labute approximate surface area is 186 Å². The fourth-order valence-electron chi connectivity index (χ4n) is 3.08. The molecule has 7 nitrogen and oxygen atoms in total. The Morgan fingerprint density at radius 1 is 1.26 bits per heavy atom. The monoisotopic (exact) mass is 443 g/mol. The van der Waals surface area contributed by atoms with Crippen LogP contribution in [-0.4, -0.2) is 33.8 Å². The Kier molecular flexibility index (Phi) is 7.20. The molecule has 1 N–H and O–H groups in total. The summed E-state index contributed by atoms with van der Waals surface area (Å²) in [5.41, 5.74) is 1.46. The second-order valence-electron chi connectivity index (χ2n) is 8.69. The van der Waals surface area contributed by atoms with E-state index in [2.05, 4.69) is 10.3 Å². The topological polar surface area (TPSA) is 90.3 Å². The first-order valence-electron chi connectivity index (χ1n) is 10.5. The number of nitrogens with zero attached hydrogens (tertiary/aromatic N) is 2. The maximum absolute atomic E-state index is 12.8. The third-order valence-corrected chi connectivity index (χ3v) is 6.19. The molecule has 0 spiro atoms. The Balaban J connectivity index is 1.63. The van der Waals surface area contributed by atoms with Gasteiger partial charge in [-0.15, -0.1) is 0 Å². The highest BCUT2D eigenvalue weighted by atomic mass is 32.2. The predicted molar refractivity (Wildman–Crippen MR) is 122 cm³/mol. The molecule has 1 amide bonds. The lowest BCUT2D eigenvalue weighted by molar-refractivity contribution is -0.119. The number of aromatic nitrogens is 2. The molecule has 166 valence electrons. The summed E-state index contributed by atoms with van der Waals surface area (Å²) in [5, 5.41) is 3.54. The van der Waals surface area contributed by atoms with Gasteiger partial charge in [0, 0.05) is 29.5 Å². The summed E-state index contributed by atoms with van der Waals surface area (Å²) in [5.74, 6) is -0.333. The molecule has 2 aromatic rings. The van der Waals surface area contributed by atoms with Crippen molar-refractivity contribution in [1.82, 2.24) is 9.55 Å². The molecule has 1 aromatic carbocycles. The van der Waals surface area contributed by atoms with E-state index in [9.17, 15) is 14.4 Å². The van der Waals surface area contributed by atoms with Gasteiger partial charge in [0.15, 0.2) is 5.16 Å². The van der Waals surface area contributed by atoms with Crippen molar-refractivity contribution in [2.75, 3.05) is 17.7 Å². The van der Waals surface area contributed by atoms with E-state index in [4.69, 9.17) is 4.74 Å². The molecule has 8 heteroatoms.